The van der Waals surface area contributed by atoms with Crippen molar-refractivity contribution in [3.05, 3.63) is 70.5 Å². The van der Waals surface area contributed by atoms with Gasteiger partial charge in [-0.3, -0.25) is 0 Å². The van der Waals surface area contributed by atoms with Crippen LogP contribution in [0.3, 0.4) is 0 Å². The number of aryl methyl sites for hydroxylation is 1. The topological polar surface area (TPSA) is 50.4 Å². The van der Waals surface area contributed by atoms with E-state index in [2.05, 4.69) is 30.5 Å². The largest absolute Gasteiger partial charge is 0.381 e. The molecule has 1 saturated heterocycles. The number of nitrogens with one attached hydrogen (secondary N) is 2. The van der Waals surface area contributed by atoms with E-state index in [9.17, 15) is 9.18 Å². The predicted molar refractivity (Wildman–Crippen MR) is 109 cm³/mol. The van der Waals surface area contributed by atoms with E-state index in [1.165, 1.54) is 17.2 Å². The minimum Gasteiger partial charge on any atom is -0.381 e. The summed E-state index contributed by atoms with van der Waals surface area (Å²) in [6, 6.07) is 12.5. The number of benzene rings is 2. The van der Waals surface area contributed by atoms with Crippen molar-refractivity contribution in [2.75, 3.05) is 19.8 Å². The van der Waals surface area contributed by atoms with Crippen molar-refractivity contribution in [1.82, 2.24) is 10.6 Å². The maximum absolute atomic E-state index is 13.8. The van der Waals surface area contributed by atoms with E-state index < -0.39 is 0 Å². The van der Waals surface area contributed by atoms with Crippen LogP contribution in [-0.4, -0.2) is 25.8 Å². The van der Waals surface area contributed by atoms with Crippen molar-refractivity contribution in [2.24, 2.45) is 0 Å². The molecule has 1 unspecified atom stereocenters. The summed E-state index contributed by atoms with van der Waals surface area (Å²) in [6.07, 6.45) is 1.51. The minimum atomic E-state index is -0.305. The van der Waals surface area contributed by atoms with Gasteiger partial charge in [0.2, 0.25) is 0 Å². The van der Waals surface area contributed by atoms with Crippen molar-refractivity contribution < 1.29 is 13.9 Å². The van der Waals surface area contributed by atoms with Crippen LogP contribution in [0.4, 0.5) is 9.18 Å². The summed E-state index contributed by atoms with van der Waals surface area (Å²) >= 11 is 0. The van der Waals surface area contributed by atoms with Crippen LogP contribution >= 0.6 is 0 Å². The Hall–Kier alpha value is -2.40. The Morgan fingerprint density at radius 2 is 1.89 bits per heavy atom. The van der Waals surface area contributed by atoms with Gasteiger partial charge in [-0.2, -0.15) is 0 Å². The van der Waals surface area contributed by atoms with Crippen molar-refractivity contribution in [3.63, 3.8) is 0 Å². The van der Waals surface area contributed by atoms with Crippen LogP contribution in [0.1, 0.15) is 48.1 Å². The molecule has 5 heteroatoms. The van der Waals surface area contributed by atoms with Gasteiger partial charge in [0.1, 0.15) is 5.82 Å². The second kappa shape index (κ2) is 8.74. The standard InChI is InChI=1S/C23H29FN2O2/c1-16-6-4-9-21(17(16)2)18(3)26-22(27)25-15-23(10-12-28-13-11-23)19-7-5-8-20(24)14-19/h4-9,14,18H,10-13,15H2,1-3H3,(H2,25,26,27). The van der Waals surface area contributed by atoms with Gasteiger partial charge in [0.25, 0.3) is 0 Å². The van der Waals surface area contributed by atoms with Gasteiger partial charge in [-0.25, -0.2) is 9.18 Å². The van der Waals surface area contributed by atoms with Gasteiger partial charge in [-0.1, -0.05) is 30.3 Å². The van der Waals surface area contributed by atoms with Gasteiger partial charge < -0.3 is 15.4 Å². The first-order chi connectivity index (χ1) is 13.4. The lowest BCUT2D eigenvalue weighted by Crippen LogP contribution is -2.47. The van der Waals surface area contributed by atoms with Gasteiger partial charge in [0, 0.05) is 25.2 Å². The number of ether oxygens (including phenoxy) is 1. The highest BCUT2D eigenvalue weighted by Gasteiger charge is 2.35. The van der Waals surface area contributed by atoms with E-state index in [-0.39, 0.29) is 23.3 Å². The molecule has 2 amide bonds. The van der Waals surface area contributed by atoms with Crippen LogP contribution in [-0.2, 0) is 10.2 Å². The van der Waals surface area contributed by atoms with Gasteiger partial charge in [-0.15, -0.1) is 0 Å². The number of halogens is 1. The molecule has 0 spiro atoms. The number of carbonyl (C=O) groups excluding carboxylic acids is 1. The highest BCUT2D eigenvalue weighted by atomic mass is 19.1. The summed E-state index contributed by atoms with van der Waals surface area (Å²) in [5.74, 6) is -0.253. The van der Waals surface area contributed by atoms with E-state index >= 15 is 0 Å². The van der Waals surface area contributed by atoms with Crippen molar-refractivity contribution in [1.29, 1.82) is 0 Å². The lowest BCUT2D eigenvalue weighted by atomic mass is 9.74. The normalized spacial score (nSPS) is 17.0. The zero-order chi connectivity index (χ0) is 20.1. The molecule has 2 N–H and O–H groups in total. The molecule has 1 heterocycles. The van der Waals surface area contributed by atoms with Crippen molar-refractivity contribution >= 4 is 6.03 Å². The summed E-state index contributed by atoms with van der Waals surface area (Å²) in [5, 5.41) is 6.05. The molecule has 150 valence electrons. The zero-order valence-electron chi connectivity index (χ0n) is 16.8. The van der Waals surface area contributed by atoms with Crippen LogP contribution in [0, 0.1) is 19.7 Å². The third-order valence-electron chi connectivity index (χ3n) is 5.93. The quantitative estimate of drug-likeness (QED) is 0.794. The molecule has 0 radical (unpaired) electrons. The highest BCUT2D eigenvalue weighted by molar-refractivity contribution is 5.74. The molecular weight excluding hydrogens is 355 g/mol. The Balaban J connectivity index is 1.68. The molecule has 28 heavy (non-hydrogen) atoms. The fourth-order valence-electron chi connectivity index (χ4n) is 3.97. The molecule has 1 fully saturated rings. The van der Waals surface area contributed by atoms with E-state index in [0.717, 1.165) is 24.0 Å². The molecule has 0 aromatic heterocycles. The van der Waals surface area contributed by atoms with Gasteiger partial charge in [0.05, 0.1) is 6.04 Å². The number of amides is 2. The maximum atomic E-state index is 13.8. The first kappa shape index (κ1) is 20.3. The molecule has 1 aliphatic rings. The van der Waals surface area contributed by atoms with Crippen LogP contribution in [0.25, 0.3) is 0 Å². The summed E-state index contributed by atoms with van der Waals surface area (Å²) < 4.78 is 19.3. The number of carbonyl (C=O) groups is 1. The monoisotopic (exact) mass is 384 g/mol. The second-order valence-corrected chi connectivity index (χ2v) is 7.74. The summed E-state index contributed by atoms with van der Waals surface area (Å²) in [7, 11) is 0. The fraction of sp³-hybridized carbons (Fsp3) is 0.435. The minimum absolute atomic E-state index is 0.0975. The average Bonchev–Trinajstić information content (AvgIpc) is 2.69. The zero-order valence-corrected chi connectivity index (χ0v) is 16.8. The van der Waals surface area contributed by atoms with Crippen molar-refractivity contribution in [3.8, 4) is 0 Å². The Bertz CT molecular complexity index is 831. The van der Waals surface area contributed by atoms with Crippen LogP contribution in [0.5, 0.6) is 0 Å². The van der Waals surface area contributed by atoms with E-state index in [1.54, 1.807) is 12.1 Å². The first-order valence-corrected chi connectivity index (χ1v) is 9.85. The van der Waals surface area contributed by atoms with E-state index in [1.807, 2.05) is 25.1 Å². The Kier molecular flexibility index (Phi) is 6.35. The summed E-state index contributed by atoms with van der Waals surface area (Å²) in [5.41, 5.74) is 4.12. The fourth-order valence-corrected chi connectivity index (χ4v) is 3.97. The lowest BCUT2D eigenvalue weighted by molar-refractivity contribution is 0.0505. The van der Waals surface area contributed by atoms with E-state index in [0.29, 0.717) is 19.8 Å². The Morgan fingerprint density at radius 1 is 1.18 bits per heavy atom. The number of hydrogen-bond donors (Lipinski definition) is 2. The molecule has 2 aromatic carbocycles. The van der Waals surface area contributed by atoms with Crippen LogP contribution in [0.2, 0.25) is 0 Å². The van der Waals surface area contributed by atoms with Gasteiger partial charge in [-0.05, 0) is 68.0 Å². The first-order valence-electron chi connectivity index (χ1n) is 9.85. The molecule has 0 aliphatic carbocycles. The molecule has 4 nitrogen and oxygen atoms in total. The third kappa shape index (κ3) is 4.53. The summed E-state index contributed by atoms with van der Waals surface area (Å²) in [4.78, 5) is 12.6. The molecule has 1 aliphatic heterocycles. The van der Waals surface area contributed by atoms with Crippen LogP contribution < -0.4 is 10.6 Å². The highest BCUT2D eigenvalue weighted by Crippen LogP contribution is 2.34. The average molecular weight is 384 g/mol. The summed E-state index contributed by atoms with van der Waals surface area (Å²) in [6.45, 7) is 7.79. The number of hydrogen-bond acceptors (Lipinski definition) is 2. The molecule has 0 bridgehead atoms. The Morgan fingerprint density at radius 3 is 2.61 bits per heavy atom. The SMILES string of the molecule is Cc1cccc(C(C)NC(=O)NCC2(c3cccc(F)c3)CCOCC2)c1C. The lowest BCUT2D eigenvalue weighted by Gasteiger charge is -2.38. The number of urea groups is 1. The van der Waals surface area contributed by atoms with Crippen molar-refractivity contribution in [2.45, 2.75) is 45.1 Å². The number of rotatable bonds is 5. The molecule has 3 rings (SSSR count). The van der Waals surface area contributed by atoms with E-state index in [4.69, 9.17) is 4.74 Å². The molecular formula is C23H29FN2O2. The van der Waals surface area contributed by atoms with Crippen LogP contribution in [0.15, 0.2) is 42.5 Å². The maximum Gasteiger partial charge on any atom is 0.315 e. The predicted octanol–water partition coefficient (Wildman–Crippen LogP) is 4.55. The third-order valence-corrected chi connectivity index (χ3v) is 5.93. The molecule has 0 saturated carbocycles. The van der Waals surface area contributed by atoms with Gasteiger partial charge >= 0.3 is 6.03 Å². The molecule has 1 atom stereocenters. The molecule has 2 aromatic rings. The Labute approximate surface area is 166 Å². The second-order valence-electron chi connectivity index (χ2n) is 7.74. The smallest absolute Gasteiger partial charge is 0.315 e. The van der Waals surface area contributed by atoms with Gasteiger partial charge in [0.15, 0.2) is 0 Å².